The molecule has 80 valence electrons. The van der Waals surface area contributed by atoms with E-state index < -0.39 is 0 Å². The second kappa shape index (κ2) is 4.62. The molecule has 0 spiro atoms. The molecule has 2 aromatic rings. The SMILES string of the molecule is Cc1cc(C=Cc2ccccc2)cc[n+]1[O-]. The van der Waals surface area contributed by atoms with Crippen LogP contribution in [0.15, 0.2) is 48.7 Å². The highest BCUT2D eigenvalue weighted by atomic mass is 16.5. The lowest BCUT2D eigenvalue weighted by molar-refractivity contribution is -0.612. The first-order valence-electron chi connectivity index (χ1n) is 5.19. The van der Waals surface area contributed by atoms with E-state index in [1.165, 1.54) is 6.20 Å². The fourth-order valence-corrected chi connectivity index (χ4v) is 1.48. The first-order valence-corrected chi connectivity index (χ1v) is 5.19. The first-order chi connectivity index (χ1) is 7.75. The average molecular weight is 211 g/mol. The van der Waals surface area contributed by atoms with Crippen LogP contribution in [0.5, 0.6) is 0 Å². The summed E-state index contributed by atoms with van der Waals surface area (Å²) in [5, 5.41) is 11.1. The van der Waals surface area contributed by atoms with Gasteiger partial charge in [0.15, 0.2) is 11.9 Å². The van der Waals surface area contributed by atoms with Crippen molar-refractivity contribution in [3.63, 3.8) is 0 Å². The standard InChI is InChI=1S/C14H13NO/c1-12-11-14(9-10-15(12)16)8-7-13-5-3-2-4-6-13/h2-11H,1H3. The molecule has 0 atom stereocenters. The predicted octanol–water partition coefficient (Wildman–Crippen LogP) is 2.80. The van der Waals surface area contributed by atoms with E-state index in [2.05, 4.69) is 0 Å². The van der Waals surface area contributed by atoms with Gasteiger partial charge in [-0.15, -0.1) is 0 Å². The highest BCUT2D eigenvalue weighted by Gasteiger charge is 1.97. The smallest absolute Gasteiger partial charge is 0.190 e. The van der Waals surface area contributed by atoms with E-state index >= 15 is 0 Å². The van der Waals surface area contributed by atoms with Crippen LogP contribution in [0.25, 0.3) is 12.2 Å². The van der Waals surface area contributed by atoms with Gasteiger partial charge in [0.05, 0.1) is 0 Å². The summed E-state index contributed by atoms with van der Waals surface area (Å²) in [6, 6.07) is 13.7. The van der Waals surface area contributed by atoms with Crippen molar-refractivity contribution in [1.82, 2.24) is 0 Å². The summed E-state index contributed by atoms with van der Waals surface area (Å²) < 4.78 is 0.861. The maximum Gasteiger partial charge on any atom is 0.190 e. The maximum atomic E-state index is 11.1. The Balaban J connectivity index is 2.21. The van der Waals surface area contributed by atoms with E-state index in [1.54, 1.807) is 13.0 Å². The Bertz CT molecular complexity index is 503. The van der Waals surface area contributed by atoms with Crippen molar-refractivity contribution in [2.75, 3.05) is 0 Å². The van der Waals surface area contributed by atoms with Gasteiger partial charge in [-0.1, -0.05) is 42.5 Å². The van der Waals surface area contributed by atoms with E-state index in [1.807, 2.05) is 48.6 Å². The van der Waals surface area contributed by atoms with Crippen molar-refractivity contribution in [1.29, 1.82) is 0 Å². The van der Waals surface area contributed by atoms with Crippen LogP contribution in [-0.4, -0.2) is 0 Å². The minimum absolute atomic E-state index is 0.704. The molecule has 0 radical (unpaired) electrons. The molecule has 0 saturated heterocycles. The van der Waals surface area contributed by atoms with Gasteiger partial charge in [0.1, 0.15) is 0 Å². The molecular weight excluding hydrogens is 198 g/mol. The van der Waals surface area contributed by atoms with Crippen molar-refractivity contribution in [2.24, 2.45) is 0 Å². The summed E-state index contributed by atoms with van der Waals surface area (Å²) in [5.74, 6) is 0. The van der Waals surface area contributed by atoms with E-state index in [-0.39, 0.29) is 0 Å². The van der Waals surface area contributed by atoms with Crippen LogP contribution in [0.2, 0.25) is 0 Å². The lowest BCUT2D eigenvalue weighted by Crippen LogP contribution is -2.28. The number of hydrogen-bond donors (Lipinski definition) is 0. The van der Waals surface area contributed by atoms with Gasteiger partial charge in [-0.05, 0) is 11.1 Å². The third-order valence-electron chi connectivity index (χ3n) is 2.39. The Morgan fingerprint density at radius 3 is 2.38 bits per heavy atom. The fourth-order valence-electron chi connectivity index (χ4n) is 1.48. The molecule has 0 aliphatic rings. The number of nitrogens with zero attached hydrogens (tertiary/aromatic N) is 1. The molecule has 0 bridgehead atoms. The normalized spacial score (nSPS) is 10.8. The summed E-state index contributed by atoms with van der Waals surface area (Å²) in [7, 11) is 0. The lowest BCUT2D eigenvalue weighted by atomic mass is 10.1. The highest BCUT2D eigenvalue weighted by Crippen LogP contribution is 2.07. The van der Waals surface area contributed by atoms with Gasteiger partial charge in [-0.3, -0.25) is 0 Å². The molecule has 0 aliphatic carbocycles. The third kappa shape index (κ3) is 2.48. The molecule has 1 heterocycles. The number of pyridine rings is 1. The van der Waals surface area contributed by atoms with Crippen molar-refractivity contribution in [2.45, 2.75) is 6.92 Å². The molecule has 1 aromatic carbocycles. The summed E-state index contributed by atoms with van der Waals surface area (Å²) >= 11 is 0. The molecule has 0 saturated carbocycles. The Kier molecular flexibility index (Phi) is 3.01. The Morgan fingerprint density at radius 1 is 1.00 bits per heavy atom. The van der Waals surface area contributed by atoms with Gasteiger partial charge >= 0.3 is 0 Å². The van der Waals surface area contributed by atoms with Crippen LogP contribution in [-0.2, 0) is 0 Å². The number of benzene rings is 1. The zero-order valence-electron chi connectivity index (χ0n) is 9.13. The van der Waals surface area contributed by atoms with Gasteiger partial charge in [0.2, 0.25) is 0 Å². The zero-order valence-corrected chi connectivity index (χ0v) is 9.13. The van der Waals surface area contributed by atoms with Crippen LogP contribution in [0.3, 0.4) is 0 Å². The zero-order chi connectivity index (χ0) is 11.4. The topological polar surface area (TPSA) is 26.9 Å². The maximum absolute atomic E-state index is 11.1. The summed E-state index contributed by atoms with van der Waals surface area (Å²) in [6.45, 7) is 1.80. The molecule has 2 rings (SSSR count). The molecule has 2 nitrogen and oxygen atoms in total. The molecule has 0 fully saturated rings. The molecular formula is C14H13NO. The Morgan fingerprint density at radius 2 is 1.69 bits per heavy atom. The Labute approximate surface area is 95.1 Å². The fraction of sp³-hybridized carbons (Fsp3) is 0.0714. The van der Waals surface area contributed by atoms with E-state index in [0.29, 0.717) is 5.69 Å². The van der Waals surface area contributed by atoms with Gasteiger partial charge in [0, 0.05) is 19.1 Å². The van der Waals surface area contributed by atoms with E-state index in [9.17, 15) is 5.21 Å². The van der Waals surface area contributed by atoms with Gasteiger partial charge in [0.25, 0.3) is 0 Å². The minimum Gasteiger partial charge on any atom is -0.619 e. The van der Waals surface area contributed by atoms with Crippen molar-refractivity contribution in [3.05, 3.63) is 70.7 Å². The van der Waals surface area contributed by atoms with Crippen LogP contribution < -0.4 is 4.73 Å². The van der Waals surface area contributed by atoms with Crippen molar-refractivity contribution >= 4 is 12.2 Å². The monoisotopic (exact) mass is 211 g/mol. The average Bonchev–Trinajstić information content (AvgIpc) is 2.32. The van der Waals surface area contributed by atoms with Crippen LogP contribution in [0, 0.1) is 12.1 Å². The molecule has 0 N–H and O–H groups in total. The van der Waals surface area contributed by atoms with Crippen molar-refractivity contribution < 1.29 is 4.73 Å². The van der Waals surface area contributed by atoms with Crippen LogP contribution in [0.4, 0.5) is 0 Å². The lowest BCUT2D eigenvalue weighted by Gasteiger charge is -2.00. The predicted molar refractivity (Wildman–Crippen MR) is 65.5 cm³/mol. The van der Waals surface area contributed by atoms with Crippen LogP contribution in [0.1, 0.15) is 16.8 Å². The van der Waals surface area contributed by atoms with Gasteiger partial charge < -0.3 is 5.21 Å². The largest absolute Gasteiger partial charge is 0.619 e. The first kappa shape index (κ1) is 10.4. The van der Waals surface area contributed by atoms with Gasteiger partial charge in [-0.2, -0.15) is 4.73 Å². The second-order valence-electron chi connectivity index (χ2n) is 3.67. The quantitative estimate of drug-likeness (QED) is 0.554. The number of rotatable bonds is 2. The number of hydrogen-bond acceptors (Lipinski definition) is 1. The van der Waals surface area contributed by atoms with Crippen molar-refractivity contribution in [3.8, 4) is 0 Å². The van der Waals surface area contributed by atoms with E-state index in [4.69, 9.17) is 0 Å². The number of aryl methyl sites for hydroxylation is 1. The second-order valence-corrected chi connectivity index (χ2v) is 3.67. The molecule has 0 unspecified atom stereocenters. The van der Waals surface area contributed by atoms with Gasteiger partial charge in [-0.25, -0.2) is 0 Å². The molecule has 1 aromatic heterocycles. The molecule has 0 aliphatic heterocycles. The minimum atomic E-state index is 0.704. The van der Waals surface area contributed by atoms with Crippen LogP contribution >= 0.6 is 0 Å². The summed E-state index contributed by atoms with van der Waals surface area (Å²) in [6.07, 6.45) is 5.56. The summed E-state index contributed by atoms with van der Waals surface area (Å²) in [5.41, 5.74) is 2.89. The van der Waals surface area contributed by atoms with E-state index in [0.717, 1.165) is 15.9 Å². The summed E-state index contributed by atoms with van der Waals surface area (Å²) in [4.78, 5) is 0. The molecule has 0 amide bonds. The molecule has 16 heavy (non-hydrogen) atoms. The third-order valence-corrected chi connectivity index (χ3v) is 2.39. The highest BCUT2D eigenvalue weighted by molar-refractivity contribution is 5.69. The molecule has 2 heteroatoms. The Hall–Kier alpha value is -2.09. The number of aromatic nitrogens is 1.